The minimum Gasteiger partial charge on any atom is -0.352 e. The lowest BCUT2D eigenvalue weighted by Crippen LogP contribution is -2.55. The van der Waals surface area contributed by atoms with Crippen molar-refractivity contribution in [1.82, 2.24) is 10.2 Å². The maximum Gasteiger partial charge on any atom is 0.226 e. The molecule has 1 aromatic carbocycles. The largest absolute Gasteiger partial charge is 0.352 e. The maximum atomic E-state index is 13.8. The van der Waals surface area contributed by atoms with Crippen LogP contribution in [0, 0.1) is 29.0 Å². The van der Waals surface area contributed by atoms with E-state index in [0.717, 1.165) is 75.1 Å². The molecule has 5 aliphatic rings. The van der Waals surface area contributed by atoms with Crippen LogP contribution in [0.2, 0.25) is 0 Å². The normalized spacial score (nSPS) is 37.7. The number of benzene rings is 1. The second-order valence-electron chi connectivity index (χ2n) is 9.80. The van der Waals surface area contributed by atoms with Crippen LogP contribution in [0.4, 0.5) is 4.39 Å². The summed E-state index contributed by atoms with van der Waals surface area (Å²) in [5.41, 5.74) is 0.744. The topological polar surface area (TPSA) is 32.3 Å². The van der Waals surface area contributed by atoms with Crippen molar-refractivity contribution in [3.8, 4) is 0 Å². The average Bonchev–Trinajstić information content (AvgIpc) is 3.07. The Labute approximate surface area is 161 Å². The van der Waals surface area contributed by atoms with Gasteiger partial charge in [-0.3, -0.25) is 4.79 Å². The van der Waals surface area contributed by atoms with Gasteiger partial charge in [0.05, 0.1) is 0 Å². The number of likely N-dealkylation sites (tertiary alicyclic amines) is 1. The van der Waals surface area contributed by atoms with E-state index in [9.17, 15) is 9.18 Å². The van der Waals surface area contributed by atoms with Crippen LogP contribution in [-0.2, 0) is 11.2 Å². The van der Waals surface area contributed by atoms with Gasteiger partial charge in [-0.1, -0.05) is 18.2 Å². The summed E-state index contributed by atoms with van der Waals surface area (Å²) in [7, 11) is 0. The fraction of sp³-hybridized carbons (Fsp3) is 0.696. The molecule has 0 spiro atoms. The molecule has 0 aromatic heterocycles. The van der Waals surface area contributed by atoms with Crippen molar-refractivity contribution in [2.45, 2.75) is 57.4 Å². The smallest absolute Gasteiger partial charge is 0.226 e. The molecular formula is C23H31FN2O. The van der Waals surface area contributed by atoms with E-state index in [1.165, 1.54) is 25.3 Å². The van der Waals surface area contributed by atoms with Crippen LogP contribution >= 0.6 is 0 Å². The predicted octanol–water partition coefficient (Wildman–Crippen LogP) is 3.78. The minimum absolute atomic E-state index is 0.0463. The Bertz CT molecular complexity index is 683. The highest BCUT2D eigenvalue weighted by atomic mass is 19.1. The number of nitrogens with zero attached hydrogens (tertiary/aromatic N) is 1. The van der Waals surface area contributed by atoms with E-state index in [2.05, 4.69) is 10.2 Å². The molecule has 4 heteroatoms. The first kappa shape index (κ1) is 17.7. The number of nitrogens with one attached hydrogen (secondary N) is 1. The van der Waals surface area contributed by atoms with E-state index >= 15 is 0 Å². The first-order valence-corrected chi connectivity index (χ1v) is 10.9. The quantitative estimate of drug-likeness (QED) is 0.856. The SMILES string of the molecule is O=C(N[C@H]1CCN(CCc2ccccc2F)C1)C12CC3CC(CC(C3)C1)C2. The van der Waals surface area contributed by atoms with Crippen LogP contribution in [0.15, 0.2) is 24.3 Å². The number of carbonyl (C=O) groups is 1. The molecular weight excluding hydrogens is 339 g/mol. The van der Waals surface area contributed by atoms with Gasteiger partial charge in [0.2, 0.25) is 5.91 Å². The highest BCUT2D eigenvalue weighted by molar-refractivity contribution is 5.83. The molecule has 1 saturated heterocycles. The number of hydrogen-bond acceptors (Lipinski definition) is 2. The van der Waals surface area contributed by atoms with Crippen molar-refractivity contribution >= 4 is 5.91 Å². The van der Waals surface area contributed by atoms with Gasteiger partial charge in [0.25, 0.3) is 0 Å². The summed E-state index contributed by atoms with van der Waals surface area (Å²) in [4.78, 5) is 15.6. The summed E-state index contributed by atoms with van der Waals surface area (Å²) in [6.07, 6.45) is 9.29. The second-order valence-corrected chi connectivity index (χ2v) is 9.80. The lowest BCUT2D eigenvalue weighted by molar-refractivity contribution is -0.146. The van der Waals surface area contributed by atoms with Crippen molar-refractivity contribution in [2.24, 2.45) is 23.2 Å². The van der Waals surface area contributed by atoms with Crippen molar-refractivity contribution in [2.75, 3.05) is 19.6 Å². The molecule has 0 unspecified atom stereocenters. The molecule has 1 aromatic rings. The summed E-state index contributed by atoms with van der Waals surface area (Å²) in [5, 5.41) is 3.42. The summed E-state index contributed by atoms with van der Waals surface area (Å²) < 4.78 is 13.8. The van der Waals surface area contributed by atoms with E-state index in [-0.39, 0.29) is 17.3 Å². The Morgan fingerprint density at radius 3 is 2.44 bits per heavy atom. The van der Waals surface area contributed by atoms with Gasteiger partial charge in [-0.2, -0.15) is 0 Å². The molecule has 4 aliphatic carbocycles. The lowest BCUT2D eigenvalue weighted by Gasteiger charge is -2.55. The molecule has 0 radical (unpaired) electrons. The summed E-state index contributed by atoms with van der Waals surface area (Å²) in [6.45, 7) is 2.78. The summed E-state index contributed by atoms with van der Waals surface area (Å²) >= 11 is 0. The van der Waals surface area contributed by atoms with E-state index in [0.29, 0.717) is 5.91 Å². The fourth-order valence-corrected chi connectivity index (χ4v) is 6.86. The second kappa shape index (κ2) is 6.88. The van der Waals surface area contributed by atoms with Gasteiger partial charge < -0.3 is 10.2 Å². The predicted molar refractivity (Wildman–Crippen MR) is 104 cm³/mol. The number of hydrogen-bond donors (Lipinski definition) is 1. The summed E-state index contributed by atoms with van der Waals surface area (Å²) in [6, 6.07) is 7.32. The first-order chi connectivity index (χ1) is 13.1. The third-order valence-electron chi connectivity index (χ3n) is 7.78. The molecule has 1 atom stereocenters. The number of carbonyl (C=O) groups excluding carboxylic acids is 1. The highest BCUT2D eigenvalue weighted by Crippen LogP contribution is 2.60. The molecule has 27 heavy (non-hydrogen) atoms. The molecule has 6 rings (SSSR count). The zero-order chi connectivity index (χ0) is 18.4. The van der Waals surface area contributed by atoms with Crippen LogP contribution in [0.25, 0.3) is 0 Å². The van der Waals surface area contributed by atoms with Gasteiger partial charge in [0.15, 0.2) is 0 Å². The van der Waals surface area contributed by atoms with Gasteiger partial charge in [-0.05, 0) is 80.8 Å². The van der Waals surface area contributed by atoms with E-state index in [4.69, 9.17) is 0 Å². The number of halogens is 1. The standard InChI is InChI=1S/C23H31FN2O/c24-21-4-2-1-3-19(21)5-7-26-8-6-20(15-26)25-22(27)23-12-16-9-17(13-23)11-18(10-16)14-23/h1-4,16-18,20H,5-15H2,(H,25,27)/t16?,17?,18?,20-,23?/m0/s1. The third-order valence-corrected chi connectivity index (χ3v) is 7.78. The van der Waals surface area contributed by atoms with Gasteiger partial charge in [-0.25, -0.2) is 4.39 Å². The van der Waals surface area contributed by atoms with Crippen LogP contribution < -0.4 is 5.32 Å². The molecule has 1 N–H and O–H groups in total. The molecule has 4 bridgehead atoms. The fourth-order valence-electron chi connectivity index (χ4n) is 6.86. The average molecular weight is 371 g/mol. The van der Waals surface area contributed by atoms with E-state index in [1.807, 2.05) is 12.1 Å². The Hall–Kier alpha value is -1.42. The van der Waals surface area contributed by atoms with Crippen molar-refractivity contribution < 1.29 is 9.18 Å². The Morgan fingerprint density at radius 2 is 1.78 bits per heavy atom. The van der Waals surface area contributed by atoms with Crippen LogP contribution in [0.1, 0.15) is 50.5 Å². The molecule has 1 aliphatic heterocycles. The lowest BCUT2D eigenvalue weighted by atomic mass is 9.49. The van der Waals surface area contributed by atoms with Crippen LogP contribution in [-0.4, -0.2) is 36.5 Å². The van der Waals surface area contributed by atoms with E-state index < -0.39 is 0 Å². The molecule has 1 amide bonds. The van der Waals surface area contributed by atoms with Gasteiger partial charge in [-0.15, -0.1) is 0 Å². The van der Waals surface area contributed by atoms with Gasteiger partial charge in [0.1, 0.15) is 5.82 Å². The third kappa shape index (κ3) is 3.41. The van der Waals surface area contributed by atoms with E-state index in [1.54, 1.807) is 6.07 Å². The first-order valence-electron chi connectivity index (χ1n) is 10.9. The van der Waals surface area contributed by atoms with Crippen molar-refractivity contribution in [3.63, 3.8) is 0 Å². The van der Waals surface area contributed by atoms with Crippen LogP contribution in [0.5, 0.6) is 0 Å². The molecule has 5 fully saturated rings. The van der Waals surface area contributed by atoms with Crippen LogP contribution in [0.3, 0.4) is 0 Å². The number of rotatable bonds is 5. The van der Waals surface area contributed by atoms with Crippen molar-refractivity contribution in [1.29, 1.82) is 0 Å². The monoisotopic (exact) mass is 370 g/mol. The van der Waals surface area contributed by atoms with Gasteiger partial charge >= 0.3 is 0 Å². The number of amides is 1. The van der Waals surface area contributed by atoms with Crippen molar-refractivity contribution in [3.05, 3.63) is 35.6 Å². The van der Waals surface area contributed by atoms with Gasteiger partial charge in [0, 0.05) is 31.1 Å². The Morgan fingerprint density at radius 1 is 1.11 bits per heavy atom. The zero-order valence-electron chi connectivity index (χ0n) is 16.1. The maximum absolute atomic E-state index is 13.8. The molecule has 4 saturated carbocycles. The molecule has 1 heterocycles. The summed E-state index contributed by atoms with van der Waals surface area (Å²) in [5.74, 6) is 2.67. The Balaban J connectivity index is 1.15. The molecule has 3 nitrogen and oxygen atoms in total. The zero-order valence-corrected chi connectivity index (χ0v) is 16.1. The Kier molecular flexibility index (Phi) is 4.50. The minimum atomic E-state index is -0.108. The molecule has 146 valence electrons. The highest BCUT2D eigenvalue weighted by Gasteiger charge is 2.54.